The molecular weight excluding hydrogens is 637 g/mol. The molecule has 2 unspecified atom stereocenters. The third-order valence-corrected chi connectivity index (χ3v) is 9.45. The highest BCUT2D eigenvalue weighted by atomic mass is 31.2. The molecule has 0 aliphatic carbocycles. The molecule has 0 aliphatic rings. The van der Waals surface area contributed by atoms with Gasteiger partial charge in [-0.25, -0.2) is 0 Å². The quantitative estimate of drug-likeness (QED) is 0.0208. The van der Waals surface area contributed by atoms with Crippen molar-refractivity contribution in [2.75, 3.05) is 54.1 Å². The first kappa shape index (κ1) is 48.0. The highest BCUT2D eigenvalue weighted by Gasteiger charge is 2.20. The number of phosphoric acid groups is 1. The second-order valence-electron chi connectivity index (χ2n) is 14.6. The summed E-state index contributed by atoms with van der Waals surface area (Å²) in [4.78, 5) is 24.9. The Hall–Kier alpha value is -1.02. The van der Waals surface area contributed by atoms with Crippen LogP contribution in [0.15, 0.2) is 24.3 Å². The molecule has 0 saturated carbocycles. The Kier molecular flexibility index (Phi) is 33.4. The molecule has 0 fully saturated rings. The van der Waals surface area contributed by atoms with Crippen LogP contribution in [0.25, 0.3) is 0 Å². The molecular formula is C40H78NO7P. The largest absolute Gasteiger partial charge is 0.756 e. The number of hydrogen-bond donors (Lipinski definition) is 0. The van der Waals surface area contributed by atoms with E-state index < -0.39 is 13.9 Å². The van der Waals surface area contributed by atoms with Crippen molar-refractivity contribution >= 4 is 13.8 Å². The topological polar surface area (TPSA) is 94.1 Å². The van der Waals surface area contributed by atoms with Gasteiger partial charge in [0.25, 0.3) is 7.82 Å². The van der Waals surface area contributed by atoms with Gasteiger partial charge < -0.3 is 27.9 Å². The molecule has 0 rings (SSSR count). The fourth-order valence-corrected chi connectivity index (χ4v) is 6.08. The molecule has 0 aromatic carbocycles. The van der Waals surface area contributed by atoms with Gasteiger partial charge in [0.15, 0.2) is 0 Å². The molecule has 2 atom stereocenters. The molecule has 0 aromatic heterocycles. The molecule has 0 bridgehead atoms. The molecule has 0 amide bonds. The van der Waals surface area contributed by atoms with Crippen LogP contribution in [0, 0.1) is 0 Å². The van der Waals surface area contributed by atoms with Crippen molar-refractivity contribution in [1.29, 1.82) is 0 Å². The molecule has 0 spiro atoms. The Morgan fingerprint density at radius 3 is 1.73 bits per heavy atom. The maximum atomic E-state index is 12.6. The molecule has 0 aliphatic heterocycles. The molecule has 0 N–H and O–H groups in total. The number of ether oxygens (including phenoxy) is 2. The lowest BCUT2D eigenvalue weighted by Crippen LogP contribution is -2.37. The van der Waals surface area contributed by atoms with Crippen LogP contribution >= 0.6 is 7.82 Å². The second kappa shape index (κ2) is 34.1. The van der Waals surface area contributed by atoms with Crippen molar-refractivity contribution in [1.82, 2.24) is 0 Å². The van der Waals surface area contributed by atoms with Crippen molar-refractivity contribution < 1.29 is 37.3 Å². The number of nitrogens with zero attached hydrogens (tertiary/aromatic N) is 1. The molecule has 9 heteroatoms. The monoisotopic (exact) mass is 716 g/mol. The van der Waals surface area contributed by atoms with Crippen molar-refractivity contribution in [2.24, 2.45) is 0 Å². The Morgan fingerprint density at radius 2 is 1.16 bits per heavy atom. The van der Waals surface area contributed by atoms with E-state index in [1.165, 1.54) is 96.3 Å². The summed E-state index contributed by atoms with van der Waals surface area (Å²) in [6, 6.07) is 0. The van der Waals surface area contributed by atoms with E-state index in [0.717, 1.165) is 51.4 Å². The summed E-state index contributed by atoms with van der Waals surface area (Å²) in [5.74, 6) is -0.338. The van der Waals surface area contributed by atoms with E-state index in [-0.39, 0.29) is 25.8 Å². The van der Waals surface area contributed by atoms with E-state index in [1.807, 2.05) is 21.1 Å². The van der Waals surface area contributed by atoms with E-state index >= 15 is 0 Å². The number of carbonyl (C=O) groups excluding carboxylic acids is 1. The Labute approximate surface area is 303 Å². The summed E-state index contributed by atoms with van der Waals surface area (Å²) >= 11 is 0. The number of hydrogen-bond acceptors (Lipinski definition) is 7. The highest BCUT2D eigenvalue weighted by molar-refractivity contribution is 7.45. The van der Waals surface area contributed by atoms with Gasteiger partial charge in [0.05, 0.1) is 34.4 Å². The van der Waals surface area contributed by atoms with Crippen LogP contribution in [0.1, 0.15) is 168 Å². The molecule has 8 nitrogen and oxygen atoms in total. The van der Waals surface area contributed by atoms with Gasteiger partial charge in [0.1, 0.15) is 19.3 Å². The highest BCUT2D eigenvalue weighted by Crippen LogP contribution is 2.38. The zero-order valence-electron chi connectivity index (χ0n) is 32.6. The van der Waals surface area contributed by atoms with Gasteiger partial charge in [-0.15, -0.1) is 0 Å². The molecule has 49 heavy (non-hydrogen) atoms. The first-order valence-electron chi connectivity index (χ1n) is 20.1. The zero-order valence-corrected chi connectivity index (χ0v) is 33.5. The van der Waals surface area contributed by atoms with Gasteiger partial charge in [-0.1, -0.05) is 147 Å². The lowest BCUT2D eigenvalue weighted by molar-refractivity contribution is -0.870. The Morgan fingerprint density at radius 1 is 0.633 bits per heavy atom. The SMILES string of the molecule is CCC/C=C\C/C=C\CCCCCCCCOCC(COP(=O)([O-])OCC[N+](C)(C)C)OC(=O)CCCCCCCCCCCCCCC. The average molecular weight is 716 g/mol. The molecule has 0 heterocycles. The molecule has 0 aromatic rings. The average Bonchev–Trinajstić information content (AvgIpc) is 3.04. The first-order valence-corrected chi connectivity index (χ1v) is 21.5. The van der Waals surface area contributed by atoms with Crippen LogP contribution in [0.3, 0.4) is 0 Å². The number of quaternary nitrogens is 1. The van der Waals surface area contributed by atoms with E-state index in [4.69, 9.17) is 18.5 Å². The molecule has 0 radical (unpaired) electrons. The predicted molar refractivity (Wildman–Crippen MR) is 204 cm³/mol. The van der Waals surface area contributed by atoms with Crippen LogP contribution in [-0.4, -0.2) is 70.7 Å². The normalized spacial score (nSPS) is 14.2. The number of unbranched alkanes of at least 4 members (excludes halogenated alkanes) is 19. The van der Waals surface area contributed by atoms with Crippen LogP contribution in [0.5, 0.6) is 0 Å². The van der Waals surface area contributed by atoms with E-state index in [2.05, 4.69) is 38.2 Å². The number of carbonyl (C=O) groups is 1. The van der Waals surface area contributed by atoms with E-state index in [1.54, 1.807) is 0 Å². The van der Waals surface area contributed by atoms with Crippen molar-refractivity contribution in [3.63, 3.8) is 0 Å². The van der Waals surface area contributed by atoms with Crippen molar-refractivity contribution in [3.8, 4) is 0 Å². The molecule has 0 saturated heterocycles. The maximum absolute atomic E-state index is 12.6. The number of esters is 1. The van der Waals surface area contributed by atoms with Crippen LogP contribution in [-0.2, 0) is 27.9 Å². The smallest absolute Gasteiger partial charge is 0.306 e. The predicted octanol–water partition coefficient (Wildman–Crippen LogP) is 10.6. The van der Waals surface area contributed by atoms with E-state index in [9.17, 15) is 14.3 Å². The summed E-state index contributed by atoms with van der Waals surface area (Å²) in [5.41, 5.74) is 0. The first-order chi connectivity index (χ1) is 23.6. The van der Waals surface area contributed by atoms with Gasteiger partial charge in [0, 0.05) is 13.0 Å². The third kappa shape index (κ3) is 38.1. The van der Waals surface area contributed by atoms with Gasteiger partial charge >= 0.3 is 5.97 Å². The summed E-state index contributed by atoms with van der Waals surface area (Å²) < 4.78 is 34.5. The lowest BCUT2D eigenvalue weighted by atomic mass is 10.0. The van der Waals surface area contributed by atoms with Gasteiger partial charge in [-0.05, 0) is 38.5 Å². The number of phosphoric ester groups is 1. The summed E-state index contributed by atoms with van der Waals surface area (Å²) in [5, 5.41) is 0. The fourth-order valence-electron chi connectivity index (χ4n) is 5.35. The minimum absolute atomic E-state index is 0.0255. The lowest BCUT2D eigenvalue weighted by Gasteiger charge is -2.28. The molecule has 290 valence electrons. The van der Waals surface area contributed by atoms with E-state index in [0.29, 0.717) is 24.1 Å². The Balaban J connectivity index is 4.28. The van der Waals surface area contributed by atoms with Crippen LogP contribution in [0.2, 0.25) is 0 Å². The number of likely N-dealkylation sites (N-methyl/N-ethyl adjacent to an activating group) is 1. The fraction of sp³-hybridized carbons (Fsp3) is 0.875. The second-order valence-corrected chi connectivity index (χ2v) is 16.1. The third-order valence-electron chi connectivity index (χ3n) is 8.49. The summed E-state index contributed by atoms with van der Waals surface area (Å²) in [7, 11) is 1.35. The number of rotatable bonds is 37. The van der Waals surface area contributed by atoms with Crippen LogP contribution < -0.4 is 4.89 Å². The standard InChI is InChI=1S/C40H78NO7P/c1-6-8-10-12-14-16-18-20-22-24-26-28-30-32-35-45-37-39(38-47-49(43,44)46-36-34-41(3,4)5)48-40(42)33-31-29-27-25-23-21-19-17-15-13-11-9-7-2/h10,12,16,18,39H,6-9,11,13-15,17,19-38H2,1-5H3/b12-10-,18-16-. The maximum Gasteiger partial charge on any atom is 0.306 e. The summed E-state index contributed by atoms with van der Waals surface area (Å²) in [6.45, 7) is 5.33. The minimum Gasteiger partial charge on any atom is -0.756 e. The minimum atomic E-state index is -4.52. The van der Waals surface area contributed by atoms with Gasteiger partial charge in [0.2, 0.25) is 0 Å². The number of allylic oxidation sites excluding steroid dienone is 4. The van der Waals surface area contributed by atoms with Crippen molar-refractivity contribution in [3.05, 3.63) is 24.3 Å². The Bertz CT molecular complexity index is 843. The van der Waals surface area contributed by atoms with Crippen molar-refractivity contribution in [2.45, 2.75) is 174 Å². The van der Waals surface area contributed by atoms with Gasteiger partial charge in [-0.3, -0.25) is 9.36 Å². The van der Waals surface area contributed by atoms with Crippen LogP contribution in [0.4, 0.5) is 0 Å². The van der Waals surface area contributed by atoms with Gasteiger partial charge in [-0.2, -0.15) is 0 Å². The summed E-state index contributed by atoms with van der Waals surface area (Å²) in [6.07, 6.45) is 36.1. The zero-order chi connectivity index (χ0) is 36.3.